The lowest BCUT2D eigenvalue weighted by Crippen LogP contribution is -2.37. The van der Waals surface area contributed by atoms with Crippen LogP contribution >= 0.6 is 0 Å². The van der Waals surface area contributed by atoms with Crippen molar-refractivity contribution >= 4 is 17.6 Å². The summed E-state index contributed by atoms with van der Waals surface area (Å²) in [5.41, 5.74) is 0.484. The van der Waals surface area contributed by atoms with E-state index in [1.165, 1.54) is 13.0 Å². The van der Waals surface area contributed by atoms with Crippen LogP contribution in [-0.2, 0) is 16.1 Å². The van der Waals surface area contributed by atoms with Crippen LogP contribution in [0.15, 0.2) is 24.3 Å². The van der Waals surface area contributed by atoms with Gasteiger partial charge < -0.3 is 10.2 Å². The van der Waals surface area contributed by atoms with E-state index in [0.717, 1.165) is 0 Å². The van der Waals surface area contributed by atoms with E-state index in [0.29, 0.717) is 36.6 Å². The number of aromatic nitrogens is 3. The minimum Gasteiger partial charge on any atom is -0.342 e. The van der Waals surface area contributed by atoms with E-state index in [1.54, 1.807) is 34.7 Å². The predicted molar refractivity (Wildman–Crippen MR) is 93.9 cm³/mol. The second kappa shape index (κ2) is 6.86. The Balaban J connectivity index is 1.71. The van der Waals surface area contributed by atoms with Gasteiger partial charge in [0.1, 0.15) is 5.82 Å². The zero-order valence-corrected chi connectivity index (χ0v) is 15.1. The molecule has 0 saturated carbocycles. The third-order valence-corrected chi connectivity index (χ3v) is 4.96. The van der Waals surface area contributed by atoms with Crippen molar-refractivity contribution in [3.63, 3.8) is 0 Å². The van der Waals surface area contributed by atoms with Crippen molar-refractivity contribution in [2.24, 2.45) is 5.41 Å². The summed E-state index contributed by atoms with van der Waals surface area (Å²) >= 11 is 0. The zero-order valence-electron chi connectivity index (χ0n) is 15.1. The third-order valence-electron chi connectivity index (χ3n) is 4.96. The smallest absolute Gasteiger partial charge is 0.233 e. The topological polar surface area (TPSA) is 80.1 Å². The first-order chi connectivity index (χ1) is 12.3. The summed E-state index contributed by atoms with van der Waals surface area (Å²) in [6.07, 6.45) is 0.598. The van der Waals surface area contributed by atoms with Gasteiger partial charge >= 0.3 is 0 Å². The summed E-state index contributed by atoms with van der Waals surface area (Å²) < 4.78 is 15.4. The molecule has 1 unspecified atom stereocenters. The Kier molecular flexibility index (Phi) is 4.76. The van der Waals surface area contributed by atoms with Crippen molar-refractivity contribution in [3.8, 4) is 0 Å². The molecule has 1 atom stereocenters. The monoisotopic (exact) mass is 359 g/mol. The molecule has 1 aliphatic rings. The Morgan fingerprint density at radius 1 is 1.35 bits per heavy atom. The molecule has 1 fully saturated rings. The number of likely N-dealkylation sites (tertiary alicyclic amines) is 1. The molecule has 1 aliphatic heterocycles. The van der Waals surface area contributed by atoms with Gasteiger partial charge in [-0.1, -0.05) is 23.4 Å². The zero-order chi connectivity index (χ0) is 18.9. The van der Waals surface area contributed by atoms with Crippen LogP contribution in [0.2, 0.25) is 0 Å². The number of carbonyl (C=O) groups excluding carboxylic acids is 2. The molecule has 0 aliphatic carbocycles. The molecule has 0 radical (unpaired) electrons. The Labute approximate surface area is 151 Å². The van der Waals surface area contributed by atoms with Crippen molar-refractivity contribution in [1.82, 2.24) is 19.9 Å². The SMILES string of the molecule is CC(=O)N1CCC(C)(C(=O)Nc2nnn(Cc3ccccc3F)c2C)C1. The Morgan fingerprint density at radius 2 is 2.08 bits per heavy atom. The molecule has 26 heavy (non-hydrogen) atoms. The molecular formula is C18H22FN5O2. The van der Waals surface area contributed by atoms with E-state index in [9.17, 15) is 14.0 Å². The van der Waals surface area contributed by atoms with E-state index in [2.05, 4.69) is 15.6 Å². The van der Waals surface area contributed by atoms with Crippen molar-refractivity contribution in [2.75, 3.05) is 18.4 Å². The molecule has 0 bridgehead atoms. The van der Waals surface area contributed by atoms with Crippen LogP contribution in [0.3, 0.4) is 0 Å². The van der Waals surface area contributed by atoms with Crippen LogP contribution in [0.1, 0.15) is 31.5 Å². The molecule has 8 heteroatoms. The molecule has 2 amide bonds. The van der Waals surface area contributed by atoms with Gasteiger partial charge in [-0.05, 0) is 26.3 Å². The summed E-state index contributed by atoms with van der Waals surface area (Å²) in [5.74, 6) is -0.180. The van der Waals surface area contributed by atoms with Crippen molar-refractivity contribution in [1.29, 1.82) is 0 Å². The van der Waals surface area contributed by atoms with Gasteiger partial charge in [-0.2, -0.15) is 0 Å². The fourth-order valence-electron chi connectivity index (χ4n) is 3.09. The fraction of sp³-hybridized carbons (Fsp3) is 0.444. The van der Waals surface area contributed by atoms with Crippen LogP contribution in [-0.4, -0.2) is 44.8 Å². The number of rotatable bonds is 4. The number of nitrogens with zero attached hydrogens (tertiary/aromatic N) is 4. The first-order valence-electron chi connectivity index (χ1n) is 8.50. The molecule has 1 aromatic heterocycles. The standard InChI is InChI=1S/C18H22FN5O2/c1-12-16(20-17(26)18(3)8-9-23(11-18)13(2)25)21-22-24(12)10-14-6-4-5-7-15(14)19/h4-7H,8-11H2,1-3H3,(H,20,26). The second-order valence-corrected chi connectivity index (χ2v) is 6.98. The minimum atomic E-state index is -0.659. The van der Waals surface area contributed by atoms with Crippen LogP contribution in [0, 0.1) is 18.2 Å². The van der Waals surface area contributed by atoms with Gasteiger partial charge in [0, 0.05) is 25.6 Å². The number of benzene rings is 1. The van der Waals surface area contributed by atoms with Crippen molar-refractivity contribution < 1.29 is 14.0 Å². The number of halogens is 1. The highest BCUT2D eigenvalue weighted by Crippen LogP contribution is 2.31. The molecule has 1 aromatic carbocycles. The number of hydrogen-bond donors (Lipinski definition) is 1. The Hall–Kier alpha value is -2.77. The quantitative estimate of drug-likeness (QED) is 0.905. The fourth-order valence-corrected chi connectivity index (χ4v) is 3.09. The summed E-state index contributed by atoms with van der Waals surface area (Å²) in [5, 5.41) is 10.8. The summed E-state index contributed by atoms with van der Waals surface area (Å²) in [4.78, 5) is 25.9. The highest BCUT2D eigenvalue weighted by atomic mass is 19.1. The van der Waals surface area contributed by atoms with Crippen LogP contribution in [0.25, 0.3) is 0 Å². The largest absolute Gasteiger partial charge is 0.342 e. The predicted octanol–water partition coefficient (Wildman–Crippen LogP) is 1.97. The summed E-state index contributed by atoms with van der Waals surface area (Å²) in [6.45, 7) is 6.30. The van der Waals surface area contributed by atoms with Gasteiger partial charge in [0.25, 0.3) is 0 Å². The molecule has 1 saturated heterocycles. The first-order valence-corrected chi connectivity index (χ1v) is 8.50. The van der Waals surface area contributed by atoms with Gasteiger partial charge in [-0.15, -0.1) is 5.10 Å². The molecule has 2 heterocycles. The molecule has 1 N–H and O–H groups in total. The van der Waals surface area contributed by atoms with E-state index in [4.69, 9.17) is 0 Å². The van der Waals surface area contributed by atoms with Crippen LogP contribution in [0.4, 0.5) is 10.2 Å². The lowest BCUT2D eigenvalue weighted by Gasteiger charge is -2.22. The number of hydrogen-bond acceptors (Lipinski definition) is 4. The molecule has 0 spiro atoms. The Bertz CT molecular complexity index is 850. The van der Waals surface area contributed by atoms with Gasteiger partial charge in [0.15, 0.2) is 5.82 Å². The second-order valence-electron chi connectivity index (χ2n) is 6.98. The van der Waals surface area contributed by atoms with E-state index < -0.39 is 5.41 Å². The van der Waals surface area contributed by atoms with Crippen molar-refractivity contribution in [2.45, 2.75) is 33.7 Å². The number of nitrogens with one attached hydrogen (secondary N) is 1. The summed E-state index contributed by atoms with van der Waals surface area (Å²) in [7, 11) is 0. The molecule has 138 valence electrons. The van der Waals surface area contributed by atoms with Gasteiger partial charge in [-0.25, -0.2) is 9.07 Å². The molecule has 3 rings (SSSR count). The summed E-state index contributed by atoms with van der Waals surface area (Å²) in [6, 6.07) is 6.47. The maximum Gasteiger partial charge on any atom is 0.233 e. The van der Waals surface area contributed by atoms with E-state index in [-0.39, 0.29) is 24.2 Å². The maximum atomic E-state index is 13.8. The number of amides is 2. The van der Waals surface area contributed by atoms with E-state index in [1.807, 2.05) is 6.92 Å². The van der Waals surface area contributed by atoms with Crippen LogP contribution < -0.4 is 5.32 Å². The highest BCUT2D eigenvalue weighted by Gasteiger charge is 2.41. The first kappa shape index (κ1) is 18.0. The van der Waals surface area contributed by atoms with Crippen LogP contribution in [0.5, 0.6) is 0 Å². The van der Waals surface area contributed by atoms with Crippen molar-refractivity contribution in [3.05, 3.63) is 41.3 Å². The third kappa shape index (κ3) is 3.44. The minimum absolute atomic E-state index is 0.0338. The lowest BCUT2D eigenvalue weighted by atomic mass is 9.89. The van der Waals surface area contributed by atoms with E-state index >= 15 is 0 Å². The average Bonchev–Trinajstić information content (AvgIpc) is 3.16. The van der Waals surface area contributed by atoms with Gasteiger partial charge in [0.2, 0.25) is 11.8 Å². The molecule has 2 aromatic rings. The number of anilines is 1. The lowest BCUT2D eigenvalue weighted by molar-refractivity contribution is -0.129. The Morgan fingerprint density at radius 3 is 2.73 bits per heavy atom. The highest BCUT2D eigenvalue weighted by molar-refractivity contribution is 5.95. The normalized spacial score (nSPS) is 19.6. The molecular weight excluding hydrogens is 337 g/mol. The number of carbonyl (C=O) groups is 2. The van der Waals surface area contributed by atoms with Gasteiger partial charge in [-0.3, -0.25) is 9.59 Å². The van der Waals surface area contributed by atoms with Gasteiger partial charge in [0.05, 0.1) is 17.7 Å². The molecule has 7 nitrogen and oxygen atoms in total. The average molecular weight is 359 g/mol. The maximum absolute atomic E-state index is 13.8.